The SMILES string of the molecule is C=CCOC(=O)N(C)C(C(=O)OCCCC(C)C)C(C)C. The summed E-state index contributed by atoms with van der Waals surface area (Å²) in [4.78, 5) is 25.3. The van der Waals surface area contributed by atoms with Gasteiger partial charge in [0.15, 0.2) is 0 Å². The van der Waals surface area contributed by atoms with E-state index in [2.05, 4.69) is 20.4 Å². The molecule has 0 saturated heterocycles. The molecule has 5 nitrogen and oxygen atoms in total. The van der Waals surface area contributed by atoms with E-state index in [0.717, 1.165) is 12.8 Å². The number of esters is 1. The van der Waals surface area contributed by atoms with Gasteiger partial charge < -0.3 is 9.47 Å². The molecule has 0 N–H and O–H groups in total. The van der Waals surface area contributed by atoms with Gasteiger partial charge in [0.1, 0.15) is 12.6 Å². The lowest BCUT2D eigenvalue weighted by Gasteiger charge is -2.28. The van der Waals surface area contributed by atoms with E-state index in [0.29, 0.717) is 12.5 Å². The summed E-state index contributed by atoms with van der Waals surface area (Å²) in [7, 11) is 1.55. The number of ether oxygens (including phenoxy) is 2. The average molecular weight is 299 g/mol. The van der Waals surface area contributed by atoms with E-state index in [4.69, 9.17) is 9.47 Å². The van der Waals surface area contributed by atoms with Crippen LogP contribution in [0.5, 0.6) is 0 Å². The van der Waals surface area contributed by atoms with Gasteiger partial charge in [0, 0.05) is 7.05 Å². The quantitative estimate of drug-likeness (QED) is 0.372. The summed E-state index contributed by atoms with van der Waals surface area (Å²) >= 11 is 0. The first kappa shape index (κ1) is 19.5. The van der Waals surface area contributed by atoms with Gasteiger partial charge in [-0.05, 0) is 24.7 Å². The molecule has 5 heteroatoms. The van der Waals surface area contributed by atoms with Crippen LogP contribution in [-0.2, 0) is 14.3 Å². The van der Waals surface area contributed by atoms with Crippen molar-refractivity contribution in [2.45, 2.75) is 46.6 Å². The van der Waals surface area contributed by atoms with Crippen molar-refractivity contribution in [3.63, 3.8) is 0 Å². The Morgan fingerprint density at radius 3 is 2.29 bits per heavy atom. The molecule has 0 rings (SSSR count). The minimum Gasteiger partial charge on any atom is -0.464 e. The van der Waals surface area contributed by atoms with Crippen LogP contribution in [0.1, 0.15) is 40.5 Å². The molecule has 0 heterocycles. The number of carbonyl (C=O) groups is 2. The van der Waals surface area contributed by atoms with Crippen LogP contribution in [-0.4, -0.2) is 43.3 Å². The van der Waals surface area contributed by atoms with E-state index < -0.39 is 12.1 Å². The Balaban J connectivity index is 4.48. The standard InChI is InChI=1S/C16H29NO4/c1-7-10-21-16(19)17(6)14(13(4)5)15(18)20-11-8-9-12(2)3/h7,12-14H,1,8-11H2,2-6H3. The number of carbonyl (C=O) groups excluding carboxylic acids is 2. The van der Waals surface area contributed by atoms with E-state index in [1.54, 1.807) is 7.05 Å². The number of hydrogen-bond donors (Lipinski definition) is 0. The van der Waals surface area contributed by atoms with Crippen molar-refractivity contribution >= 4 is 12.1 Å². The molecule has 0 fully saturated rings. The van der Waals surface area contributed by atoms with Gasteiger partial charge >= 0.3 is 12.1 Å². The van der Waals surface area contributed by atoms with Crippen LogP contribution in [0.3, 0.4) is 0 Å². The van der Waals surface area contributed by atoms with Crippen molar-refractivity contribution in [1.29, 1.82) is 0 Å². The lowest BCUT2D eigenvalue weighted by atomic mass is 10.0. The molecule has 0 radical (unpaired) electrons. The zero-order valence-electron chi connectivity index (χ0n) is 13.9. The highest BCUT2D eigenvalue weighted by atomic mass is 16.6. The van der Waals surface area contributed by atoms with Crippen LogP contribution in [0.2, 0.25) is 0 Å². The predicted octanol–water partition coefficient (Wildman–Crippen LogP) is 3.24. The van der Waals surface area contributed by atoms with Gasteiger partial charge in [0.25, 0.3) is 0 Å². The van der Waals surface area contributed by atoms with Crippen LogP contribution in [0.4, 0.5) is 4.79 Å². The normalized spacial score (nSPS) is 12.1. The third-order valence-corrected chi connectivity index (χ3v) is 3.07. The second kappa shape index (κ2) is 10.2. The van der Waals surface area contributed by atoms with Crippen LogP contribution < -0.4 is 0 Å². The van der Waals surface area contributed by atoms with Gasteiger partial charge in [-0.1, -0.05) is 40.3 Å². The number of nitrogens with zero attached hydrogens (tertiary/aromatic N) is 1. The van der Waals surface area contributed by atoms with E-state index in [1.807, 2.05) is 13.8 Å². The third kappa shape index (κ3) is 7.73. The Bertz CT molecular complexity index is 339. The van der Waals surface area contributed by atoms with Crippen LogP contribution in [0.15, 0.2) is 12.7 Å². The summed E-state index contributed by atoms with van der Waals surface area (Å²) in [6, 6.07) is -0.638. The maximum absolute atomic E-state index is 12.2. The third-order valence-electron chi connectivity index (χ3n) is 3.07. The lowest BCUT2D eigenvalue weighted by Crippen LogP contribution is -2.46. The second-order valence-electron chi connectivity index (χ2n) is 5.87. The molecule has 122 valence electrons. The van der Waals surface area contributed by atoms with E-state index in [9.17, 15) is 9.59 Å². The van der Waals surface area contributed by atoms with E-state index in [1.165, 1.54) is 11.0 Å². The van der Waals surface area contributed by atoms with Crippen molar-refractivity contribution in [3.05, 3.63) is 12.7 Å². The first-order valence-electron chi connectivity index (χ1n) is 7.48. The summed E-state index contributed by atoms with van der Waals surface area (Å²) < 4.78 is 10.2. The fraction of sp³-hybridized carbons (Fsp3) is 0.750. The largest absolute Gasteiger partial charge is 0.464 e. The van der Waals surface area contributed by atoms with E-state index in [-0.39, 0.29) is 18.5 Å². The van der Waals surface area contributed by atoms with Gasteiger partial charge in [-0.15, -0.1) is 0 Å². The topological polar surface area (TPSA) is 55.8 Å². The highest BCUT2D eigenvalue weighted by Gasteiger charge is 2.31. The van der Waals surface area contributed by atoms with Crippen molar-refractivity contribution in [2.75, 3.05) is 20.3 Å². The molecule has 0 saturated carbocycles. The summed E-state index contributed by atoms with van der Waals surface area (Å²) in [5, 5.41) is 0. The predicted molar refractivity (Wildman–Crippen MR) is 83.0 cm³/mol. The lowest BCUT2D eigenvalue weighted by molar-refractivity contribution is -0.150. The van der Waals surface area contributed by atoms with Gasteiger partial charge in [-0.2, -0.15) is 0 Å². The Kier molecular flexibility index (Phi) is 9.50. The van der Waals surface area contributed by atoms with Crippen LogP contribution in [0.25, 0.3) is 0 Å². The molecular weight excluding hydrogens is 270 g/mol. The highest BCUT2D eigenvalue weighted by Crippen LogP contribution is 2.13. The van der Waals surface area contributed by atoms with Crippen molar-refractivity contribution in [1.82, 2.24) is 4.90 Å². The fourth-order valence-electron chi connectivity index (χ4n) is 1.97. The number of hydrogen-bond acceptors (Lipinski definition) is 4. The number of likely N-dealkylation sites (N-methyl/N-ethyl adjacent to an activating group) is 1. The molecule has 0 aromatic carbocycles. The molecule has 0 aliphatic rings. The Hall–Kier alpha value is -1.52. The molecule has 0 bridgehead atoms. The molecule has 0 aliphatic heterocycles. The van der Waals surface area contributed by atoms with Crippen molar-refractivity contribution in [2.24, 2.45) is 11.8 Å². The van der Waals surface area contributed by atoms with Crippen LogP contribution in [0, 0.1) is 11.8 Å². The molecule has 1 amide bonds. The molecule has 0 aliphatic carbocycles. The molecule has 0 aromatic rings. The zero-order chi connectivity index (χ0) is 16.4. The maximum atomic E-state index is 12.2. The molecular formula is C16H29NO4. The Labute approximate surface area is 128 Å². The molecule has 21 heavy (non-hydrogen) atoms. The number of amides is 1. The summed E-state index contributed by atoms with van der Waals surface area (Å²) in [6.07, 6.45) is 2.78. The van der Waals surface area contributed by atoms with Crippen LogP contribution >= 0.6 is 0 Å². The monoisotopic (exact) mass is 299 g/mol. The highest BCUT2D eigenvalue weighted by molar-refractivity contribution is 5.81. The first-order valence-corrected chi connectivity index (χ1v) is 7.48. The van der Waals surface area contributed by atoms with E-state index >= 15 is 0 Å². The molecule has 0 spiro atoms. The van der Waals surface area contributed by atoms with Crippen molar-refractivity contribution in [3.8, 4) is 0 Å². The average Bonchev–Trinajstić information content (AvgIpc) is 2.40. The van der Waals surface area contributed by atoms with Gasteiger partial charge in [0.05, 0.1) is 6.61 Å². The Morgan fingerprint density at radius 2 is 1.81 bits per heavy atom. The molecule has 1 atom stereocenters. The van der Waals surface area contributed by atoms with Gasteiger partial charge in [-0.25, -0.2) is 9.59 Å². The maximum Gasteiger partial charge on any atom is 0.410 e. The van der Waals surface area contributed by atoms with Gasteiger partial charge in [0.2, 0.25) is 0 Å². The fourth-order valence-corrected chi connectivity index (χ4v) is 1.97. The summed E-state index contributed by atoms with van der Waals surface area (Å²) in [5.74, 6) is 0.150. The minimum atomic E-state index is -0.638. The summed E-state index contributed by atoms with van der Waals surface area (Å²) in [5.41, 5.74) is 0. The zero-order valence-corrected chi connectivity index (χ0v) is 13.9. The number of rotatable bonds is 9. The second-order valence-corrected chi connectivity index (χ2v) is 5.87. The van der Waals surface area contributed by atoms with Gasteiger partial charge in [-0.3, -0.25) is 4.90 Å². The summed E-state index contributed by atoms with van der Waals surface area (Å²) in [6.45, 7) is 12.0. The minimum absolute atomic E-state index is 0.0520. The Morgan fingerprint density at radius 1 is 1.19 bits per heavy atom. The first-order chi connectivity index (χ1) is 9.81. The van der Waals surface area contributed by atoms with Crippen molar-refractivity contribution < 1.29 is 19.1 Å². The molecule has 0 aromatic heterocycles. The molecule has 1 unspecified atom stereocenters. The smallest absolute Gasteiger partial charge is 0.410 e.